The van der Waals surface area contributed by atoms with Crippen molar-refractivity contribution in [1.82, 2.24) is 14.7 Å². The molecule has 2 aliphatic heterocycles. The summed E-state index contributed by atoms with van der Waals surface area (Å²) in [5.74, 6) is -0.399. The molecule has 0 aromatic heterocycles. The highest BCUT2D eigenvalue weighted by atomic mass is 32.2. The Labute approximate surface area is 225 Å². The lowest BCUT2D eigenvalue weighted by atomic mass is 10.0. The molecular weight excluding hydrogens is 523 g/mol. The van der Waals surface area contributed by atoms with E-state index in [0.29, 0.717) is 6.54 Å². The van der Waals surface area contributed by atoms with Crippen LogP contribution in [-0.4, -0.2) is 82.0 Å². The molecule has 0 N–H and O–H groups in total. The van der Waals surface area contributed by atoms with E-state index in [4.69, 9.17) is 17.5 Å². The number of nitrogens with zero attached hydrogens (tertiary/aromatic N) is 5. The third-order valence-electron chi connectivity index (χ3n) is 6.89. The number of unbranched alkanes of at least 4 members (excludes halogenated alkanes) is 2. The second-order valence-corrected chi connectivity index (χ2v) is 10.8. The lowest BCUT2D eigenvalue weighted by Crippen LogP contribution is -2.44. The number of thioether (sulfide) groups is 1. The molecule has 0 bridgehead atoms. The van der Waals surface area contributed by atoms with E-state index in [1.807, 2.05) is 4.90 Å². The van der Waals surface area contributed by atoms with Crippen LogP contribution in [0.1, 0.15) is 50.7 Å². The Kier molecular flexibility index (Phi) is 9.47. The van der Waals surface area contributed by atoms with Gasteiger partial charge in [-0.15, -0.1) is 0 Å². The van der Waals surface area contributed by atoms with Gasteiger partial charge in [0.15, 0.2) is 5.11 Å². The Morgan fingerprint density at radius 1 is 1.14 bits per heavy atom. The van der Waals surface area contributed by atoms with E-state index in [-0.39, 0.29) is 16.0 Å². The summed E-state index contributed by atoms with van der Waals surface area (Å²) < 4.78 is 40.4. The minimum absolute atomic E-state index is 0.00654. The molecule has 0 spiro atoms. The number of carbonyl (C=O) groups excluding carboxylic acids is 2. The number of benzene rings is 1. The molecule has 2 amide bonds. The van der Waals surface area contributed by atoms with Crippen LogP contribution in [0.3, 0.4) is 0 Å². The maximum Gasteiger partial charge on any atom is 0.417 e. The molecule has 2 saturated heterocycles. The highest BCUT2D eigenvalue weighted by Crippen LogP contribution is 2.38. The first kappa shape index (κ1) is 29.2. The largest absolute Gasteiger partial charge is 0.417 e. The zero-order valence-electron chi connectivity index (χ0n) is 21.3. The number of thiocarbonyl (C=S) groups is 1. The molecule has 1 aromatic carbocycles. The fourth-order valence-corrected chi connectivity index (χ4v) is 5.68. The third-order valence-corrected chi connectivity index (χ3v) is 7.90. The van der Waals surface area contributed by atoms with Crippen LogP contribution in [0.15, 0.2) is 18.2 Å². The quantitative estimate of drug-likeness (QED) is 0.348. The Bertz CT molecular complexity index is 1070. The van der Waals surface area contributed by atoms with E-state index in [2.05, 4.69) is 4.90 Å². The summed E-state index contributed by atoms with van der Waals surface area (Å²) in [5.41, 5.74) is -2.58. The summed E-state index contributed by atoms with van der Waals surface area (Å²) in [5, 5.41) is 9.35. The number of nitriles is 1. The first-order chi connectivity index (χ1) is 17.4. The van der Waals surface area contributed by atoms with Gasteiger partial charge in [-0.2, -0.15) is 18.4 Å². The number of carbonyl (C=O) groups is 2. The number of hydrogen-bond acceptors (Lipinski definition) is 6. The Morgan fingerprint density at radius 3 is 2.49 bits per heavy atom. The molecule has 1 aromatic rings. The summed E-state index contributed by atoms with van der Waals surface area (Å²) in [4.78, 5) is 32.3. The van der Waals surface area contributed by atoms with Crippen molar-refractivity contribution in [2.24, 2.45) is 0 Å². The lowest BCUT2D eigenvalue weighted by Gasteiger charge is -2.29. The summed E-state index contributed by atoms with van der Waals surface area (Å²) in [6.45, 7) is 8.19. The molecule has 7 nitrogen and oxygen atoms in total. The van der Waals surface area contributed by atoms with Gasteiger partial charge >= 0.3 is 6.18 Å². The average Bonchev–Trinajstić information content (AvgIpc) is 3.01. The van der Waals surface area contributed by atoms with Gasteiger partial charge in [-0.1, -0.05) is 18.2 Å². The monoisotopic (exact) mass is 555 g/mol. The van der Waals surface area contributed by atoms with Gasteiger partial charge < -0.3 is 14.7 Å². The van der Waals surface area contributed by atoms with Crippen molar-refractivity contribution in [2.45, 2.75) is 51.2 Å². The van der Waals surface area contributed by atoms with Gasteiger partial charge in [-0.25, -0.2) is 0 Å². The molecule has 0 unspecified atom stereocenters. The number of anilines is 1. The molecule has 0 radical (unpaired) electrons. The van der Waals surface area contributed by atoms with E-state index in [1.54, 1.807) is 31.1 Å². The van der Waals surface area contributed by atoms with Gasteiger partial charge in [0.2, 0.25) is 0 Å². The molecule has 0 atom stereocenters. The predicted molar refractivity (Wildman–Crippen MR) is 142 cm³/mol. The molecular formula is C25H32F3N5O2S2. The number of amides is 2. The lowest BCUT2D eigenvalue weighted by molar-refractivity contribution is -0.137. The van der Waals surface area contributed by atoms with Crippen molar-refractivity contribution in [3.63, 3.8) is 0 Å². The Morgan fingerprint density at radius 2 is 1.84 bits per heavy atom. The second kappa shape index (κ2) is 12.0. The van der Waals surface area contributed by atoms with Crippen molar-refractivity contribution in [3.8, 4) is 6.07 Å². The topological polar surface area (TPSA) is 70.9 Å². The minimum atomic E-state index is -4.73. The zero-order chi connectivity index (χ0) is 27.4. The van der Waals surface area contributed by atoms with Crippen LogP contribution in [0.4, 0.5) is 23.7 Å². The van der Waals surface area contributed by atoms with Crippen molar-refractivity contribution >= 4 is 45.9 Å². The fourth-order valence-electron chi connectivity index (χ4n) is 4.73. The summed E-state index contributed by atoms with van der Waals surface area (Å²) in [6, 6.07) is 4.77. The van der Waals surface area contributed by atoms with Crippen LogP contribution in [-0.2, 0) is 11.0 Å². The highest BCUT2D eigenvalue weighted by Gasteiger charge is 2.49. The van der Waals surface area contributed by atoms with Gasteiger partial charge in [-0.3, -0.25) is 14.5 Å². The van der Waals surface area contributed by atoms with Crippen LogP contribution in [0.2, 0.25) is 0 Å². The Hall–Kier alpha value is -2.36. The zero-order valence-corrected chi connectivity index (χ0v) is 22.9. The number of alkyl halides is 3. The molecule has 3 rings (SSSR count). The van der Waals surface area contributed by atoms with E-state index in [1.165, 1.54) is 17.8 Å². The van der Waals surface area contributed by atoms with Gasteiger partial charge in [-0.05, 0) is 82.9 Å². The van der Waals surface area contributed by atoms with E-state index >= 15 is 0 Å². The minimum Gasteiger partial charge on any atom is -0.334 e. The maximum absolute atomic E-state index is 13.5. The van der Waals surface area contributed by atoms with Gasteiger partial charge in [0.05, 0.1) is 22.9 Å². The fraction of sp³-hybridized carbons (Fsp3) is 0.600. The second-order valence-electron chi connectivity index (χ2n) is 9.69. The molecule has 2 fully saturated rings. The first-order valence-electron chi connectivity index (χ1n) is 12.2. The molecule has 0 saturated carbocycles. The van der Waals surface area contributed by atoms with Crippen molar-refractivity contribution in [2.75, 3.05) is 50.4 Å². The SMILES string of the molecule is CSC(=O)N1CCCN(CCCCCN2C(=S)N(c3ccc(C#N)c(C(F)(F)F)c3)C(=O)C2(C)C)CC1. The van der Waals surface area contributed by atoms with Gasteiger partial charge in [0.1, 0.15) is 5.54 Å². The van der Waals surface area contributed by atoms with E-state index in [9.17, 15) is 22.8 Å². The summed E-state index contributed by atoms with van der Waals surface area (Å²) in [6.07, 6.45) is 0.664. The number of hydrogen-bond donors (Lipinski definition) is 0. The van der Waals surface area contributed by atoms with Crippen LogP contribution >= 0.6 is 24.0 Å². The molecule has 37 heavy (non-hydrogen) atoms. The van der Waals surface area contributed by atoms with Gasteiger partial charge in [0, 0.05) is 26.2 Å². The van der Waals surface area contributed by atoms with Crippen molar-refractivity contribution in [3.05, 3.63) is 29.3 Å². The summed E-state index contributed by atoms with van der Waals surface area (Å²) >= 11 is 6.79. The van der Waals surface area contributed by atoms with Crippen LogP contribution in [0.25, 0.3) is 0 Å². The van der Waals surface area contributed by atoms with E-state index in [0.717, 1.165) is 75.4 Å². The maximum atomic E-state index is 13.5. The molecule has 12 heteroatoms. The normalized spacial score (nSPS) is 18.8. The average molecular weight is 556 g/mol. The highest BCUT2D eigenvalue weighted by molar-refractivity contribution is 8.12. The summed E-state index contributed by atoms with van der Waals surface area (Å²) in [7, 11) is 0. The van der Waals surface area contributed by atoms with Crippen molar-refractivity contribution in [1.29, 1.82) is 5.26 Å². The first-order valence-corrected chi connectivity index (χ1v) is 13.9. The Balaban J connectivity index is 1.58. The molecule has 0 aliphatic carbocycles. The molecule has 2 aliphatic rings. The van der Waals surface area contributed by atoms with Crippen LogP contribution in [0.5, 0.6) is 0 Å². The molecule has 2 heterocycles. The van der Waals surface area contributed by atoms with Crippen LogP contribution < -0.4 is 4.90 Å². The molecule has 202 valence electrons. The standard InChI is InChI=1S/C25H32F3N5O2S2/c1-24(2)21(34)33(19-9-8-18(17-29)20(16-19)25(26,27)28)22(36)32(24)13-6-4-5-10-30-11-7-12-31(15-14-30)23(35)37-3/h8-9,16H,4-7,10-15H2,1-3H3. The predicted octanol–water partition coefficient (Wildman–Crippen LogP) is 4.95. The number of halogens is 3. The third kappa shape index (κ3) is 6.56. The van der Waals surface area contributed by atoms with Gasteiger partial charge in [0.25, 0.3) is 11.1 Å². The smallest absolute Gasteiger partial charge is 0.334 e. The van der Waals surface area contributed by atoms with Crippen LogP contribution in [0, 0.1) is 11.3 Å². The van der Waals surface area contributed by atoms with E-state index < -0.39 is 28.7 Å². The van der Waals surface area contributed by atoms with Crippen molar-refractivity contribution < 1.29 is 22.8 Å². The number of rotatable bonds is 7.